The predicted octanol–water partition coefficient (Wildman–Crippen LogP) is 1.08. The van der Waals surface area contributed by atoms with Crippen LogP contribution in [0.25, 0.3) is 10.2 Å². The first-order valence-electron chi connectivity index (χ1n) is 7.81. The molecule has 23 heavy (non-hydrogen) atoms. The summed E-state index contributed by atoms with van der Waals surface area (Å²) in [5.41, 5.74) is 0. The quantitative estimate of drug-likeness (QED) is 0.664. The first kappa shape index (κ1) is 14.7. The highest BCUT2D eigenvalue weighted by Gasteiger charge is 2.30. The van der Waals surface area contributed by atoms with Gasteiger partial charge in [0.2, 0.25) is 0 Å². The highest BCUT2D eigenvalue weighted by molar-refractivity contribution is 7.21. The molecule has 2 aliphatic rings. The van der Waals surface area contributed by atoms with Gasteiger partial charge in [0.1, 0.15) is 17.0 Å². The van der Waals surface area contributed by atoms with Crippen molar-refractivity contribution in [3.63, 3.8) is 0 Å². The summed E-state index contributed by atoms with van der Waals surface area (Å²) in [4.78, 5) is 24.7. The van der Waals surface area contributed by atoms with Gasteiger partial charge in [-0.05, 0) is 17.8 Å². The van der Waals surface area contributed by atoms with Gasteiger partial charge in [0.25, 0.3) is 0 Å². The van der Waals surface area contributed by atoms with Crippen molar-refractivity contribution in [2.24, 2.45) is 0 Å². The van der Waals surface area contributed by atoms with Crippen LogP contribution in [-0.2, 0) is 0 Å². The number of hydrogen-bond donors (Lipinski definition) is 1. The highest BCUT2D eigenvalue weighted by Crippen LogP contribution is 2.35. The van der Waals surface area contributed by atoms with Crippen LogP contribution >= 0.6 is 11.3 Å². The van der Waals surface area contributed by atoms with E-state index in [0.29, 0.717) is 10.9 Å². The zero-order valence-corrected chi connectivity index (χ0v) is 13.5. The van der Waals surface area contributed by atoms with Crippen LogP contribution in [0.3, 0.4) is 0 Å². The largest absolute Gasteiger partial charge is 0.354 e. The maximum atomic E-state index is 11.0. The summed E-state index contributed by atoms with van der Waals surface area (Å²) in [5, 5.41) is 15.3. The molecule has 8 nitrogen and oxygen atoms in total. The van der Waals surface area contributed by atoms with Crippen molar-refractivity contribution in [1.29, 1.82) is 0 Å². The average molecular weight is 334 g/mol. The zero-order valence-electron chi connectivity index (χ0n) is 12.6. The molecular formula is C14H18N6O2S. The molecule has 4 rings (SSSR count). The Morgan fingerprint density at radius 1 is 1.30 bits per heavy atom. The van der Waals surface area contributed by atoms with E-state index in [1.165, 1.54) is 6.33 Å². The number of nitrogens with zero attached hydrogens (tertiary/aromatic N) is 5. The molecule has 2 saturated heterocycles. The molecular weight excluding hydrogens is 316 g/mol. The smallest absolute Gasteiger partial charge is 0.326 e. The van der Waals surface area contributed by atoms with E-state index in [-0.39, 0.29) is 9.92 Å². The van der Waals surface area contributed by atoms with E-state index >= 15 is 0 Å². The van der Waals surface area contributed by atoms with Gasteiger partial charge >= 0.3 is 5.00 Å². The minimum atomic E-state index is -0.357. The van der Waals surface area contributed by atoms with Gasteiger partial charge in [-0.25, -0.2) is 9.97 Å². The zero-order chi connectivity index (χ0) is 15.8. The standard InChI is InChI=1S/C14H18N6O2S/c21-20(22)12-7-11-13(16-9-17-14(11)23-12)19-4-1-10(8-19)18-5-2-15-3-6-18/h7,9-10,15H,1-6,8H2. The molecule has 2 aromatic heterocycles. The van der Waals surface area contributed by atoms with Crippen LogP contribution in [0.1, 0.15) is 6.42 Å². The number of fused-ring (bicyclic) bond motifs is 1. The Morgan fingerprint density at radius 3 is 2.91 bits per heavy atom. The van der Waals surface area contributed by atoms with E-state index in [1.807, 2.05) is 0 Å². The number of aromatic nitrogens is 2. The van der Waals surface area contributed by atoms with E-state index in [9.17, 15) is 10.1 Å². The minimum absolute atomic E-state index is 0.125. The summed E-state index contributed by atoms with van der Waals surface area (Å²) in [7, 11) is 0. The third kappa shape index (κ3) is 2.75. The summed E-state index contributed by atoms with van der Waals surface area (Å²) < 4.78 is 0. The predicted molar refractivity (Wildman–Crippen MR) is 89.1 cm³/mol. The second-order valence-corrected chi connectivity index (χ2v) is 6.94. The molecule has 2 aromatic rings. The SMILES string of the molecule is O=[N+]([O-])c1cc2c(N3CCC(N4CCNCC4)C3)ncnc2s1. The monoisotopic (exact) mass is 334 g/mol. The number of nitro groups is 1. The van der Waals surface area contributed by atoms with Gasteiger partial charge in [-0.1, -0.05) is 0 Å². The lowest BCUT2D eigenvalue weighted by Gasteiger charge is -2.32. The molecule has 2 fully saturated rings. The van der Waals surface area contributed by atoms with E-state index < -0.39 is 0 Å². The molecule has 122 valence electrons. The lowest BCUT2D eigenvalue weighted by atomic mass is 10.2. The lowest BCUT2D eigenvalue weighted by molar-refractivity contribution is -0.380. The number of nitrogens with one attached hydrogen (secondary N) is 1. The molecule has 9 heteroatoms. The van der Waals surface area contributed by atoms with E-state index in [0.717, 1.165) is 68.2 Å². The Bertz CT molecular complexity index is 729. The number of piperazine rings is 1. The fraction of sp³-hybridized carbons (Fsp3) is 0.571. The Morgan fingerprint density at radius 2 is 2.13 bits per heavy atom. The van der Waals surface area contributed by atoms with E-state index in [2.05, 4.69) is 25.1 Å². The van der Waals surface area contributed by atoms with Crippen LogP contribution in [-0.4, -0.2) is 65.1 Å². The van der Waals surface area contributed by atoms with Crippen LogP contribution in [0.2, 0.25) is 0 Å². The van der Waals surface area contributed by atoms with Crippen molar-refractivity contribution < 1.29 is 4.92 Å². The van der Waals surface area contributed by atoms with Crippen LogP contribution < -0.4 is 10.2 Å². The maximum absolute atomic E-state index is 11.0. The Kier molecular flexibility index (Phi) is 3.83. The van der Waals surface area contributed by atoms with Crippen LogP contribution in [0, 0.1) is 10.1 Å². The summed E-state index contributed by atoms with van der Waals surface area (Å²) in [5.74, 6) is 0.831. The van der Waals surface area contributed by atoms with Crippen molar-refractivity contribution in [2.45, 2.75) is 12.5 Å². The molecule has 0 aromatic carbocycles. The van der Waals surface area contributed by atoms with E-state index in [4.69, 9.17) is 0 Å². The van der Waals surface area contributed by atoms with E-state index in [1.54, 1.807) is 6.07 Å². The first-order valence-corrected chi connectivity index (χ1v) is 8.62. The third-order valence-corrected chi connectivity index (χ3v) is 5.60. The topological polar surface area (TPSA) is 87.4 Å². The molecule has 0 saturated carbocycles. The normalized spacial score (nSPS) is 22.8. The van der Waals surface area contributed by atoms with Crippen molar-refractivity contribution in [3.05, 3.63) is 22.5 Å². The fourth-order valence-electron chi connectivity index (χ4n) is 3.45. The molecule has 0 spiro atoms. The summed E-state index contributed by atoms with van der Waals surface area (Å²) in [6, 6.07) is 2.14. The maximum Gasteiger partial charge on any atom is 0.326 e. The van der Waals surface area contributed by atoms with Crippen molar-refractivity contribution >= 4 is 32.4 Å². The fourth-order valence-corrected chi connectivity index (χ4v) is 4.26. The molecule has 1 N–H and O–H groups in total. The third-order valence-electron chi connectivity index (χ3n) is 4.61. The molecule has 0 amide bonds. The average Bonchev–Trinajstić information content (AvgIpc) is 3.22. The number of thiophene rings is 1. The lowest BCUT2D eigenvalue weighted by Crippen LogP contribution is -2.49. The molecule has 4 heterocycles. The molecule has 1 atom stereocenters. The van der Waals surface area contributed by atoms with Gasteiger partial charge < -0.3 is 10.2 Å². The van der Waals surface area contributed by atoms with Gasteiger partial charge in [-0.15, -0.1) is 0 Å². The Balaban J connectivity index is 1.58. The second-order valence-electron chi connectivity index (χ2n) is 5.93. The molecule has 0 bridgehead atoms. The van der Waals surface area contributed by atoms with Crippen LogP contribution in [0.5, 0.6) is 0 Å². The Hall–Kier alpha value is -1.84. The van der Waals surface area contributed by atoms with Gasteiger partial charge in [0.05, 0.1) is 10.3 Å². The number of hydrogen-bond acceptors (Lipinski definition) is 8. The van der Waals surface area contributed by atoms with Crippen LogP contribution in [0.4, 0.5) is 10.8 Å². The summed E-state index contributed by atoms with van der Waals surface area (Å²) in [6.45, 7) is 6.12. The van der Waals surface area contributed by atoms with Gasteiger partial charge in [-0.2, -0.15) is 0 Å². The van der Waals surface area contributed by atoms with Crippen molar-refractivity contribution in [2.75, 3.05) is 44.2 Å². The second kappa shape index (κ2) is 5.99. The summed E-state index contributed by atoms with van der Waals surface area (Å²) >= 11 is 1.11. The molecule has 1 unspecified atom stereocenters. The van der Waals surface area contributed by atoms with Crippen molar-refractivity contribution in [1.82, 2.24) is 20.2 Å². The molecule has 2 aliphatic heterocycles. The highest BCUT2D eigenvalue weighted by atomic mass is 32.1. The van der Waals surface area contributed by atoms with Crippen LogP contribution in [0.15, 0.2) is 12.4 Å². The number of rotatable bonds is 3. The minimum Gasteiger partial charge on any atom is -0.354 e. The van der Waals surface area contributed by atoms with Gasteiger partial charge in [0, 0.05) is 51.4 Å². The Labute approximate surface area is 137 Å². The molecule has 0 aliphatic carbocycles. The number of anilines is 1. The first-order chi connectivity index (χ1) is 11.2. The molecule has 0 radical (unpaired) electrons. The van der Waals surface area contributed by atoms with Gasteiger partial charge in [-0.3, -0.25) is 15.0 Å². The van der Waals surface area contributed by atoms with Crippen molar-refractivity contribution in [3.8, 4) is 0 Å². The summed E-state index contributed by atoms with van der Waals surface area (Å²) in [6.07, 6.45) is 2.62. The van der Waals surface area contributed by atoms with Gasteiger partial charge in [0.15, 0.2) is 0 Å².